The molecule has 0 spiro atoms. The first-order valence-electron chi connectivity index (χ1n) is 7.08. The van der Waals surface area contributed by atoms with E-state index in [2.05, 4.69) is 11.9 Å². The fourth-order valence-electron chi connectivity index (χ4n) is 2.02. The minimum atomic E-state index is 0.141. The number of nitrogens with two attached hydrogens (primary N) is 1. The van der Waals surface area contributed by atoms with E-state index in [0.29, 0.717) is 6.61 Å². The summed E-state index contributed by atoms with van der Waals surface area (Å²) in [4.78, 5) is 4.41. The van der Waals surface area contributed by atoms with Gasteiger partial charge >= 0.3 is 0 Å². The van der Waals surface area contributed by atoms with Gasteiger partial charge in [0.15, 0.2) is 0 Å². The summed E-state index contributed by atoms with van der Waals surface area (Å²) in [6.07, 6.45) is 1.74. The summed E-state index contributed by atoms with van der Waals surface area (Å²) < 4.78 is 11.2. The van der Waals surface area contributed by atoms with Gasteiger partial charge in [-0.05, 0) is 31.4 Å². The minimum absolute atomic E-state index is 0.141. The lowest BCUT2D eigenvalue weighted by atomic mass is 10.0. The maximum atomic E-state index is 6.06. The quantitative estimate of drug-likeness (QED) is 0.852. The molecule has 2 N–H and O–H groups in total. The first kappa shape index (κ1) is 15.8. The van der Waals surface area contributed by atoms with Gasteiger partial charge in [0.2, 0.25) is 0 Å². The highest BCUT2D eigenvalue weighted by Crippen LogP contribution is 2.27. The van der Waals surface area contributed by atoms with Gasteiger partial charge in [-0.1, -0.05) is 13.0 Å². The lowest BCUT2D eigenvalue weighted by Gasteiger charge is -2.15. The Bertz CT molecular complexity index is 583. The Morgan fingerprint density at radius 2 is 2.19 bits per heavy atom. The maximum Gasteiger partial charge on any atom is 0.131 e. The molecule has 4 nitrogen and oxygen atoms in total. The molecule has 5 heteroatoms. The molecule has 0 fully saturated rings. The van der Waals surface area contributed by atoms with Gasteiger partial charge in [-0.15, -0.1) is 11.3 Å². The third-order valence-electron chi connectivity index (χ3n) is 3.32. The second-order valence-corrected chi connectivity index (χ2v) is 6.05. The predicted octanol–water partition coefficient (Wildman–Crippen LogP) is 3.32. The molecule has 1 aromatic carbocycles. The van der Waals surface area contributed by atoms with Crippen LogP contribution in [0.1, 0.15) is 29.6 Å². The lowest BCUT2D eigenvalue weighted by Crippen LogP contribution is -2.21. The number of hydrogen-bond acceptors (Lipinski definition) is 5. The Balaban J connectivity index is 2.13. The molecule has 2 aromatic rings. The van der Waals surface area contributed by atoms with Crippen molar-refractivity contribution < 1.29 is 9.47 Å². The predicted molar refractivity (Wildman–Crippen MR) is 86.1 cm³/mol. The Hall–Kier alpha value is -1.59. The monoisotopic (exact) mass is 306 g/mol. The number of thiazole rings is 1. The number of aryl methyl sites for hydroxylation is 1. The minimum Gasteiger partial charge on any atom is -0.497 e. The number of hydrogen-bond donors (Lipinski definition) is 1. The van der Waals surface area contributed by atoms with Crippen LogP contribution in [-0.4, -0.2) is 18.1 Å². The molecule has 0 saturated heterocycles. The SMILES string of the molecule is CCC(N)Cc1ccc(OC)cc1OCc1csc(C)n1. The molecule has 0 aliphatic heterocycles. The van der Waals surface area contributed by atoms with E-state index >= 15 is 0 Å². The molecule has 0 saturated carbocycles. The van der Waals surface area contributed by atoms with Crippen molar-refractivity contribution in [1.29, 1.82) is 0 Å². The Morgan fingerprint density at radius 3 is 2.81 bits per heavy atom. The molecule has 0 aliphatic rings. The van der Waals surface area contributed by atoms with Crippen molar-refractivity contribution >= 4 is 11.3 Å². The first-order chi connectivity index (χ1) is 10.1. The number of aromatic nitrogens is 1. The van der Waals surface area contributed by atoms with Gasteiger partial charge in [-0.25, -0.2) is 4.98 Å². The van der Waals surface area contributed by atoms with E-state index in [4.69, 9.17) is 15.2 Å². The molecule has 0 radical (unpaired) electrons. The highest BCUT2D eigenvalue weighted by Gasteiger charge is 2.10. The molecule has 0 amide bonds. The van der Waals surface area contributed by atoms with E-state index in [9.17, 15) is 0 Å². The van der Waals surface area contributed by atoms with Crippen molar-refractivity contribution in [3.8, 4) is 11.5 Å². The third kappa shape index (κ3) is 4.44. The summed E-state index contributed by atoms with van der Waals surface area (Å²) in [5, 5.41) is 3.07. The third-order valence-corrected chi connectivity index (χ3v) is 4.15. The Morgan fingerprint density at radius 1 is 1.38 bits per heavy atom. The molecule has 114 valence electrons. The van der Waals surface area contributed by atoms with Crippen LogP contribution < -0.4 is 15.2 Å². The second-order valence-electron chi connectivity index (χ2n) is 4.99. The van der Waals surface area contributed by atoms with Crippen molar-refractivity contribution in [3.63, 3.8) is 0 Å². The number of rotatable bonds is 7. The van der Waals surface area contributed by atoms with Crippen molar-refractivity contribution in [3.05, 3.63) is 39.8 Å². The van der Waals surface area contributed by atoms with Gasteiger partial charge in [0, 0.05) is 17.5 Å². The zero-order chi connectivity index (χ0) is 15.2. The lowest BCUT2D eigenvalue weighted by molar-refractivity contribution is 0.295. The number of nitrogens with zero attached hydrogens (tertiary/aromatic N) is 1. The largest absolute Gasteiger partial charge is 0.497 e. The van der Waals surface area contributed by atoms with Crippen LogP contribution in [0.2, 0.25) is 0 Å². The van der Waals surface area contributed by atoms with E-state index < -0.39 is 0 Å². The fraction of sp³-hybridized carbons (Fsp3) is 0.438. The van der Waals surface area contributed by atoms with E-state index in [-0.39, 0.29) is 6.04 Å². The molecular formula is C16H22N2O2S. The second kappa shape index (κ2) is 7.43. The zero-order valence-electron chi connectivity index (χ0n) is 12.8. The molecule has 0 bridgehead atoms. The van der Waals surface area contributed by atoms with E-state index in [1.807, 2.05) is 30.5 Å². The number of benzene rings is 1. The van der Waals surface area contributed by atoms with Crippen LogP contribution >= 0.6 is 11.3 Å². The molecule has 1 atom stereocenters. The normalized spacial score (nSPS) is 12.2. The van der Waals surface area contributed by atoms with Crippen LogP contribution in [-0.2, 0) is 13.0 Å². The summed E-state index contributed by atoms with van der Waals surface area (Å²) in [6, 6.07) is 6.02. The number of ether oxygens (including phenoxy) is 2. The van der Waals surface area contributed by atoms with Crippen molar-refractivity contribution in [2.45, 2.75) is 39.3 Å². The molecule has 21 heavy (non-hydrogen) atoms. The van der Waals surface area contributed by atoms with E-state index in [1.54, 1.807) is 18.4 Å². The summed E-state index contributed by atoms with van der Waals surface area (Å²) in [7, 11) is 1.65. The van der Waals surface area contributed by atoms with Crippen LogP contribution in [0.4, 0.5) is 0 Å². The topological polar surface area (TPSA) is 57.4 Å². The van der Waals surface area contributed by atoms with Crippen LogP contribution in [0.3, 0.4) is 0 Å². The Kier molecular flexibility index (Phi) is 5.59. The average molecular weight is 306 g/mol. The first-order valence-corrected chi connectivity index (χ1v) is 7.96. The van der Waals surface area contributed by atoms with E-state index in [0.717, 1.165) is 40.6 Å². The standard InChI is InChI=1S/C16H22N2O2S/c1-4-13(17)7-12-5-6-15(19-3)8-16(12)20-9-14-10-21-11(2)18-14/h5-6,8,10,13H,4,7,9,17H2,1-3H3. The molecule has 0 aliphatic carbocycles. The molecule has 1 unspecified atom stereocenters. The van der Waals surface area contributed by atoms with E-state index in [1.165, 1.54) is 0 Å². The highest BCUT2D eigenvalue weighted by molar-refractivity contribution is 7.09. The van der Waals surface area contributed by atoms with Crippen LogP contribution in [0.25, 0.3) is 0 Å². The van der Waals surface area contributed by atoms with Crippen LogP contribution in [0.5, 0.6) is 11.5 Å². The van der Waals surface area contributed by atoms with Crippen molar-refractivity contribution in [2.75, 3.05) is 7.11 Å². The molecule has 1 heterocycles. The average Bonchev–Trinajstić information content (AvgIpc) is 2.91. The molecule has 2 rings (SSSR count). The van der Waals surface area contributed by atoms with Crippen LogP contribution in [0, 0.1) is 6.92 Å². The zero-order valence-corrected chi connectivity index (χ0v) is 13.6. The number of methoxy groups -OCH3 is 1. The van der Waals surface area contributed by atoms with Gasteiger partial charge in [0.05, 0.1) is 17.8 Å². The Labute approximate surface area is 129 Å². The van der Waals surface area contributed by atoms with Crippen LogP contribution in [0.15, 0.2) is 23.6 Å². The summed E-state index contributed by atoms with van der Waals surface area (Å²) in [5.74, 6) is 1.61. The van der Waals surface area contributed by atoms with Gasteiger partial charge < -0.3 is 15.2 Å². The maximum absolute atomic E-state index is 6.06. The molecular weight excluding hydrogens is 284 g/mol. The molecule has 1 aromatic heterocycles. The van der Waals surface area contributed by atoms with Gasteiger partial charge in [-0.2, -0.15) is 0 Å². The fourth-order valence-corrected chi connectivity index (χ4v) is 2.62. The highest BCUT2D eigenvalue weighted by atomic mass is 32.1. The van der Waals surface area contributed by atoms with Crippen molar-refractivity contribution in [2.24, 2.45) is 5.73 Å². The summed E-state index contributed by atoms with van der Waals surface area (Å²) in [5.41, 5.74) is 8.12. The van der Waals surface area contributed by atoms with Crippen molar-refractivity contribution in [1.82, 2.24) is 4.98 Å². The van der Waals surface area contributed by atoms with Gasteiger partial charge in [0.25, 0.3) is 0 Å². The van der Waals surface area contributed by atoms with Gasteiger partial charge in [0.1, 0.15) is 18.1 Å². The summed E-state index contributed by atoms with van der Waals surface area (Å²) in [6.45, 7) is 4.55. The van der Waals surface area contributed by atoms with Gasteiger partial charge in [-0.3, -0.25) is 0 Å². The summed E-state index contributed by atoms with van der Waals surface area (Å²) >= 11 is 1.63. The smallest absolute Gasteiger partial charge is 0.131 e.